The van der Waals surface area contributed by atoms with Crippen LogP contribution in [-0.4, -0.2) is 4.98 Å². The molecule has 1 aromatic carbocycles. The molecule has 0 bridgehead atoms. The van der Waals surface area contributed by atoms with Gasteiger partial charge < -0.3 is 5.73 Å². The van der Waals surface area contributed by atoms with Gasteiger partial charge in [0.2, 0.25) is 0 Å². The van der Waals surface area contributed by atoms with Gasteiger partial charge in [0.25, 0.3) is 0 Å². The summed E-state index contributed by atoms with van der Waals surface area (Å²) in [7, 11) is 0. The molecule has 0 fully saturated rings. The summed E-state index contributed by atoms with van der Waals surface area (Å²) < 4.78 is 0. The fourth-order valence-electron chi connectivity index (χ4n) is 1.83. The molecule has 1 aromatic heterocycles. The summed E-state index contributed by atoms with van der Waals surface area (Å²) >= 11 is 5.89. The van der Waals surface area contributed by atoms with Crippen molar-refractivity contribution in [2.24, 2.45) is 0 Å². The molecule has 0 aliphatic heterocycles. The second-order valence-electron chi connectivity index (χ2n) is 3.98. The zero-order valence-electron chi connectivity index (χ0n) is 9.29. The number of hydrogen-bond donors (Lipinski definition) is 1. The molecule has 0 unspecified atom stereocenters. The monoisotopic (exact) mass is 232 g/mol. The molecule has 2 aromatic rings. The third kappa shape index (κ3) is 2.34. The highest BCUT2D eigenvalue weighted by Gasteiger charge is 2.03. The molecule has 0 amide bonds. The van der Waals surface area contributed by atoms with Crippen LogP contribution < -0.4 is 5.73 Å². The molecular formula is C13H13ClN2. The van der Waals surface area contributed by atoms with E-state index in [1.165, 1.54) is 11.1 Å². The highest BCUT2D eigenvalue weighted by atomic mass is 35.5. The molecule has 0 saturated heterocycles. The van der Waals surface area contributed by atoms with E-state index in [0.717, 1.165) is 11.1 Å². The lowest BCUT2D eigenvalue weighted by molar-refractivity contribution is 1.33. The normalized spacial score (nSPS) is 10.4. The Kier molecular flexibility index (Phi) is 2.84. The number of nitrogens with two attached hydrogens (primary N) is 1. The third-order valence-electron chi connectivity index (χ3n) is 2.37. The molecule has 1 heterocycles. The predicted octanol–water partition coefficient (Wildman–Crippen LogP) is 3.60. The first-order valence-electron chi connectivity index (χ1n) is 5.06. The van der Waals surface area contributed by atoms with Crippen molar-refractivity contribution in [1.82, 2.24) is 4.98 Å². The minimum Gasteiger partial charge on any atom is -0.384 e. The predicted molar refractivity (Wildman–Crippen MR) is 68.6 cm³/mol. The second kappa shape index (κ2) is 4.14. The van der Waals surface area contributed by atoms with Crippen molar-refractivity contribution in [3.05, 3.63) is 46.6 Å². The SMILES string of the molecule is Cc1cc(C)cc(-c2cc(N)nc(Cl)c2)c1. The molecular weight excluding hydrogens is 220 g/mol. The summed E-state index contributed by atoms with van der Waals surface area (Å²) in [6, 6.07) is 10.0. The minimum absolute atomic E-state index is 0.425. The van der Waals surface area contributed by atoms with E-state index in [-0.39, 0.29) is 0 Å². The Morgan fingerprint density at radius 1 is 0.938 bits per heavy atom. The van der Waals surface area contributed by atoms with Crippen LogP contribution >= 0.6 is 11.6 Å². The lowest BCUT2D eigenvalue weighted by atomic mass is 10.0. The van der Waals surface area contributed by atoms with Gasteiger partial charge in [-0.1, -0.05) is 40.9 Å². The molecule has 82 valence electrons. The average molecular weight is 233 g/mol. The Bertz CT molecular complexity index is 445. The van der Waals surface area contributed by atoms with Crippen LogP contribution in [0.1, 0.15) is 11.1 Å². The molecule has 3 heteroatoms. The number of aromatic nitrogens is 1. The standard InChI is InChI=1S/C13H13ClN2/c1-8-3-9(2)5-10(4-8)11-6-12(14)16-13(15)7-11/h3-7H,1-2H3,(H2,15,16). The molecule has 2 N–H and O–H groups in total. The first-order chi connectivity index (χ1) is 7.54. The van der Waals surface area contributed by atoms with Crippen LogP contribution in [0.25, 0.3) is 11.1 Å². The Morgan fingerprint density at radius 3 is 2.06 bits per heavy atom. The van der Waals surface area contributed by atoms with Crippen LogP contribution in [0.2, 0.25) is 5.15 Å². The van der Waals surface area contributed by atoms with Gasteiger partial charge in [-0.05, 0) is 37.1 Å². The smallest absolute Gasteiger partial charge is 0.132 e. The molecule has 0 atom stereocenters. The molecule has 0 radical (unpaired) electrons. The van der Waals surface area contributed by atoms with Crippen LogP contribution in [0.4, 0.5) is 5.82 Å². The first-order valence-corrected chi connectivity index (χ1v) is 5.44. The van der Waals surface area contributed by atoms with Crippen LogP contribution in [0, 0.1) is 13.8 Å². The van der Waals surface area contributed by atoms with Crippen LogP contribution in [0.5, 0.6) is 0 Å². The summed E-state index contributed by atoms with van der Waals surface area (Å²) in [6.07, 6.45) is 0. The van der Waals surface area contributed by atoms with E-state index in [1.54, 1.807) is 0 Å². The Hall–Kier alpha value is -1.54. The maximum Gasteiger partial charge on any atom is 0.132 e. The Morgan fingerprint density at radius 2 is 1.50 bits per heavy atom. The van der Waals surface area contributed by atoms with Crippen LogP contribution in [-0.2, 0) is 0 Å². The van der Waals surface area contributed by atoms with Gasteiger partial charge in [0.05, 0.1) is 0 Å². The summed E-state index contributed by atoms with van der Waals surface area (Å²) in [6.45, 7) is 4.14. The van der Waals surface area contributed by atoms with Crippen molar-refractivity contribution >= 4 is 17.4 Å². The van der Waals surface area contributed by atoms with Crippen molar-refractivity contribution in [2.45, 2.75) is 13.8 Å². The van der Waals surface area contributed by atoms with Gasteiger partial charge in [0, 0.05) is 0 Å². The van der Waals surface area contributed by atoms with E-state index in [0.29, 0.717) is 11.0 Å². The lowest BCUT2D eigenvalue weighted by Crippen LogP contribution is -1.91. The molecule has 0 saturated carbocycles. The van der Waals surface area contributed by atoms with E-state index >= 15 is 0 Å². The highest BCUT2D eigenvalue weighted by Crippen LogP contribution is 2.25. The minimum atomic E-state index is 0.425. The number of rotatable bonds is 1. The van der Waals surface area contributed by atoms with Gasteiger partial charge in [-0.2, -0.15) is 0 Å². The largest absolute Gasteiger partial charge is 0.384 e. The number of aryl methyl sites for hydroxylation is 2. The zero-order chi connectivity index (χ0) is 11.7. The van der Waals surface area contributed by atoms with Gasteiger partial charge >= 0.3 is 0 Å². The second-order valence-corrected chi connectivity index (χ2v) is 4.37. The van der Waals surface area contributed by atoms with E-state index in [4.69, 9.17) is 17.3 Å². The molecule has 0 spiro atoms. The summed E-state index contributed by atoms with van der Waals surface area (Å²) in [5.41, 5.74) is 10.2. The van der Waals surface area contributed by atoms with Gasteiger partial charge in [0.1, 0.15) is 11.0 Å². The number of benzene rings is 1. The molecule has 16 heavy (non-hydrogen) atoms. The quantitative estimate of drug-likeness (QED) is 0.763. The lowest BCUT2D eigenvalue weighted by Gasteiger charge is -2.06. The van der Waals surface area contributed by atoms with Crippen molar-refractivity contribution < 1.29 is 0 Å². The van der Waals surface area contributed by atoms with Gasteiger partial charge in [-0.3, -0.25) is 0 Å². The highest BCUT2D eigenvalue weighted by molar-refractivity contribution is 6.29. The van der Waals surface area contributed by atoms with Gasteiger partial charge in [0.15, 0.2) is 0 Å². The van der Waals surface area contributed by atoms with Crippen molar-refractivity contribution in [1.29, 1.82) is 0 Å². The first kappa shape index (κ1) is 11.0. The van der Waals surface area contributed by atoms with Crippen molar-refractivity contribution in [3.8, 4) is 11.1 Å². The van der Waals surface area contributed by atoms with E-state index < -0.39 is 0 Å². The number of hydrogen-bond acceptors (Lipinski definition) is 2. The fraction of sp³-hybridized carbons (Fsp3) is 0.154. The van der Waals surface area contributed by atoms with Gasteiger partial charge in [-0.25, -0.2) is 4.98 Å². The topological polar surface area (TPSA) is 38.9 Å². The van der Waals surface area contributed by atoms with Crippen LogP contribution in [0.3, 0.4) is 0 Å². The van der Waals surface area contributed by atoms with Crippen LogP contribution in [0.15, 0.2) is 30.3 Å². The van der Waals surface area contributed by atoms with Crippen molar-refractivity contribution in [2.75, 3.05) is 5.73 Å². The summed E-state index contributed by atoms with van der Waals surface area (Å²) in [5.74, 6) is 0.446. The average Bonchev–Trinajstić information content (AvgIpc) is 2.14. The Balaban J connectivity index is 2.57. The number of anilines is 1. The molecule has 0 aliphatic rings. The van der Waals surface area contributed by atoms with E-state index in [1.807, 2.05) is 12.1 Å². The number of pyridine rings is 1. The summed E-state index contributed by atoms with van der Waals surface area (Å²) in [4.78, 5) is 3.95. The number of halogens is 1. The Labute approximate surface area is 100 Å². The van der Waals surface area contributed by atoms with Crippen molar-refractivity contribution in [3.63, 3.8) is 0 Å². The molecule has 2 rings (SSSR count). The maximum absolute atomic E-state index is 5.89. The molecule has 0 aliphatic carbocycles. The summed E-state index contributed by atoms with van der Waals surface area (Å²) in [5, 5.41) is 0.425. The van der Waals surface area contributed by atoms with Gasteiger partial charge in [-0.15, -0.1) is 0 Å². The van der Waals surface area contributed by atoms with E-state index in [2.05, 4.69) is 37.0 Å². The zero-order valence-corrected chi connectivity index (χ0v) is 10.0. The number of nitrogen functional groups attached to an aromatic ring is 1. The van der Waals surface area contributed by atoms with E-state index in [9.17, 15) is 0 Å². The number of nitrogens with zero attached hydrogens (tertiary/aromatic N) is 1. The molecule has 2 nitrogen and oxygen atoms in total. The third-order valence-corrected chi connectivity index (χ3v) is 2.56. The fourth-order valence-corrected chi connectivity index (χ4v) is 2.04. The maximum atomic E-state index is 5.89.